The molecule has 0 fully saturated rings. The summed E-state index contributed by atoms with van der Waals surface area (Å²) in [7, 11) is 0. The number of hydrogen-bond donors (Lipinski definition) is 1. The van der Waals surface area contributed by atoms with E-state index in [0.29, 0.717) is 11.6 Å². The molecule has 0 saturated carbocycles. The molecule has 0 spiro atoms. The van der Waals surface area contributed by atoms with E-state index in [1.54, 1.807) is 11.3 Å². The van der Waals surface area contributed by atoms with Crippen LogP contribution in [0.25, 0.3) is 10.1 Å². The highest BCUT2D eigenvalue weighted by Gasteiger charge is 2.08. The van der Waals surface area contributed by atoms with E-state index in [2.05, 4.69) is 18.0 Å². The Labute approximate surface area is 109 Å². The second-order valence-electron chi connectivity index (χ2n) is 3.46. The van der Waals surface area contributed by atoms with Crippen LogP contribution in [-0.2, 0) is 6.54 Å². The Kier molecular flexibility index (Phi) is 3.87. The van der Waals surface area contributed by atoms with Gasteiger partial charge in [-0.2, -0.15) is 0 Å². The molecule has 0 unspecified atom stereocenters. The van der Waals surface area contributed by atoms with Crippen molar-refractivity contribution >= 4 is 44.6 Å². The summed E-state index contributed by atoms with van der Waals surface area (Å²) in [5.74, 6) is 0. The third kappa shape index (κ3) is 2.58. The minimum Gasteiger partial charge on any atom is -0.307 e. The maximum Gasteiger partial charge on any atom is 0.0636 e. The van der Waals surface area contributed by atoms with Gasteiger partial charge in [-0.3, -0.25) is 0 Å². The third-order valence-electron chi connectivity index (χ3n) is 2.20. The molecule has 2 rings (SSSR count). The Morgan fingerprint density at radius 3 is 2.81 bits per heavy atom. The number of rotatable bonds is 4. The SMILES string of the molecule is C=C(Cl)CNCc1sc2ccccc2c1Cl. The molecule has 1 N–H and O–H groups in total. The first-order valence-corrected chi connectivity index (χ1v) is 6.45. The monoisotopic (exact) mass is 271 g/mol. The molecule has 0 radical (unpaired) electrons. The number of fused-ring (bicyclic) bond motifs is 1. The molecule has 1 aromatic carbocycles. The summed E-state index contributed by atoms with van der Waals surface area (Å²) >= 11 is 13.7. The molecular weight excluding hydrogens is 261 g/mol. The topological polar surface area (TPSA) is 12.0 Å². The fourth-order valence-corrected chi connectivity index (χ4v) is 3.05. The summed E-state index contributed by atoms with van der Waals surface area (Å²) < 4.78 is 1.22. The highest BCUT2D eigenvalue weighted by molar-refractivity contribution is 7.19. The number of halogens is 2. The summed E-state index contributed by atoms with van der Waals surface area (Å²) in [5.41, 5.74) is 0. The lowest BCUT2D eigenvalue weighted by Crippen LogP contribution is -2.13. The Morgan fingerprint density at radius 2 is 2.12 bits per heavy atom. The van der Waals surface area contributed by atoms with Crippen molar-refractivity contribution in [1.29, 1.82) is 0 Å². The van der Waals surface area contributed by atoms with Gasteiger partial charge in [-0.25, -0.2) is 0 Å². The Morgan fingerprint density at radius 1 is 1.38 bits per heavy atom. The molecule has 0 aliphatic heterocycles. The van der Waals surface area contributed by atoms with Gasteiger partial charge in [-0.15, -0.1) is 11.3 Å². The fourth-order valence-electron chi connectivity index (χ4n) is 1.49. The molecule has 0 atom stereocenters. The average Bonchev–Trinajstić information content (AvgIpc) is 2.56. The van der Waals surface area contributed by atoms with E-state index in [1.807, 2.05) is 18.2 Å². The van der Waals surface area contributed by atoms with Gasteiger partial charge in [-0.05, 0) is 6.07 Å². The molecule has 16 heavy (non-hydrogen) atoms. The summed E-state index contributed by atoms with van der Waals surface area (Å²) in [6, 6.07) is 8.14. The first kappa shape index (κ1) is 11.9. The van der Waals surface area contributed by atoms with Gasteiger partial charge in [-0.1, -0.05) is 48.0 Å². The predicted molar refractivity (Wildman–Crippen MR) is 73.5 cm³/mol. The summed E-state index contributed by atoms with van der Waals surface area (Å²) in [5, 5.41) is 5.77. The minimum absolute atomic E-state index is 0.603. The smallest absolute Gasteiger partial charge is 0.0636 e. The zero-order valence-electron chi connectivity index (χ0n) is 8.59. The molecule has 2 aromatic rings. The molecule has 1 heterocycles. The van der Waals surface area contributed by atoms with Crippen LogP contribution in [0.4, 0.5) is 0 Å². The Balaban J connectivity index is 2.18. The molecule has 0 amide bonds. The van der Waals surface area contributed by atoms with E-state index < -0.39 is 0 Å². The lowest BCUT2D eigenvalue weighted by molar-refractivity contribution is 0.765. The lowest BCUT2D eigenvalue weighted by atomic mass is 10.2. The van der Waals surface area contributed by atoms with Gasteiger partial charge >= 0.3 is 0 Å². The molecule has 4 heteroatoms. The van der Waals surface area contributed by atoms with E-state index in [1.165, 1.54) is 4.70 Å². The molecule has 0 aliphatic rings. The van der Waals surface area contributed by atoms with Gasteiger partial charge in [0, 0.05) is 33.1 Å². The molecule has 1 aromatic heterocycles. The highest BCUT2D eigenvalue weighted by atomic mass is 35.5. The van der Waals surface area contributed by atoms with E-state index in [4.69, 9.17) is 23.2 Å². The van der Waals surface area contributed by atoms with Crippen molar-refractivity contribution in [3.05, 3.63) is 45.8 Å². The van der Waals surface area contributed by atoms with Crippen molar-refractivity contribution in [2.24, 2.45) is 0 Å². The zero-order valence-corrected chi connectivity index (χ0v) is 10.9. The zero-order chi connectivity index (χ0) is 11.5. The molecule has 0 saturated heterocycles. The van der Waals surface area contributed by atoms with Crippen molar-refractivity contribution in [2.75, 3.05) is 6.54 Å². The van der Waals surface area contributed by atoms with Gasteiger partial charge in [0.25, 0.3) is 0 Å². The van der Waals surface area contributed by atoms with Crippen molar-refractivity contribution in [3.8, 4) is 0 Å². The summed E-state index contributed by atoms with van der Waals surface area (Å²) in [6.45, 7) is 4.95. The van der Waals surface area contributed by atoms with Crippen LogP contribution in [0.5, 0.6) is 0 Å². The Hall–Kier alpha value is -0.540. The van der Waals surface area contributed by atoms with Crippen LogP contribution < -0.4 is 5.32 Å². The van der Waals surface area contributed by atoms with Gasteiger partial charge in [0.2, 0.25) is 0 Å². The molecule has 0 bridgehead atoms. The predicted octanol–water partition coefficient (Wildman–Crippen LogP) is 4.40. The molecule has 0 aliphatic carbocycles. The van der Waals surface area contributed by atoms with Crippen molar-refractivity contribution in [1.82, 2.24) is 5.32 Å². The molecular formula is C12H11Cl2NS. The standard InChI is InChI=1S/C12H11Cl2NS/c1-8(13)6-15-7-11-12(14)9-4-2-3-5-10(9)16-11/h2-5,15H,1,6-7H2. The first-order chi connectivity index (χ1) is 7.68. The van der Waals surface area contributed by atoms with Crippen LogP contribution in [0.1, 0.15) is 4.88 Å². The van der Waals surface area contributed by atoms with Crippen LogP contribution >= 0.6 is 34.5 Å². The van der Waals surface area contributed by atoms with Crippen LogP contribution in [0.2, 0.25) is 5.02 Å². The van der Waals surface area contributed by atoms with E-state index in [-0.39, 0.29) is 0 Å². The number of thiophene rings is 1. The minimum atomic E-state index is 0.603. The van der Waals surface area contributed by atoms with E-state index in [9.17, 15) is 0 Å². The van der Waals surface area contributed by atoms with Crippen LogP contribution in [-0.4, -0.2) is 6.54 Å². The Bertz CT molecular complexity index is 519. The second kappa shape index (κ2) is 5.19. The normalized spacial score (nSPS) is 10.9. The lowest BCUT2D eigenvalue weighted by Gasteiger charge is -2.00. The maximum atomic E-state index is 6.29. The number of benzene rings is 1. The number of nitrogens with one attached hydrogen (secondary N) is 1. The largest absolute Gasteiger partial charge is 0.307 e. The molecule has 1 nitrogen and oxygen atoms in total. The summed E-state index contributed by atoms with van der Waals surface area (Å²) in [4.78, 5) is 1.14. The maximum absolute atomic E-state index is 6.29. The molecule has 84 valence electrons. The van der Waals surface area contributed by atoms with Crippen molar-refractivity contribution < 1.29 is 0 Å². The van der Waals surface area contributed by atoms with Crippen LogP contribution in [0.3, 0.4) is 0 Å². The van der Waals surface area contributed by atoms with E-state index >= 15 is 0 Å². The quantitative estimate of drug-likeness (QED) is 0.870. The van der Waals surface area contributed by atoms with E-state index in [0.717, 1.165) is 21.8 Å². The first-order valence-electron chi connectivity index (χ1n) is 4.88. The van der Waals surface area contributed by atoms with Crippen molar-refractivity contribution in [3.63, 3.8) is 0 Å². The van der Waals surface area contributed by atoms with Crippen molar-refractivity contribution in [2.45, 2.75) is 6.54 Å². The summed E-state index contributed by atoms with van der Waals surface area (Å²) in [6.07, 6.45) is 0. The van der Waals surface area contributed by atoms with Gasteiger partial charge < -0.3 is 5.32 Å². The highest BCUT2D eigenvalue weighted by Crippen LogP contribution is 2.34. The van der Waals surface area contributed by atoms with Gasteiger partial charge in [0.15, 0.2) is 0 Å². The average molecular weight is 272 g/mol. The van der Waals surface area contributed by atoms with Gasteiger partial charge in [0.1, 0.15) is 0 Å². The second-order valence-corrected chi connectivity index (χ2v) is 5.51. The number of hydrogen-bond acceptors (Lipinski definition) is 2. The van der Waals surface area contributed by atoms with Gasteiger partial charge in [0.05, 0.1) is 5.02 Å². The van der Waals surface area contributed by atoms with Crippen LogP contribution in [0, 0.1) is 0 Å². The third-order valence-corrected chi connectivity index (χ3v) is 4.05. The fraction of sp³-hybridized carbons (Fsp3) is 0.167. The van der Waals surface area contributed by atoms with Crippen LogP contribution in [0.15, 0.2) is 35.9 Å².